The summed E-state index contributed by atoms with van der Waals surface area (Å²) in [4.78, 5) is 29.6. The van der Waals surface area contributed by atoms with Gasteiger partial charge in [-0.2, -0.15) is 0 Å². The molecule has 0 unspecified atom stereocenters. The van der Waals surface area contributed by atoms with E-state index in [4.69, 9.17) is 5.11 Å². The van der Waals surface area contributed by atoms with E-state index in [1.54, 1.807) is 12.1 Å². The van der Waals surface area contributed by atoms with Gasteiger partial charge in [-0.3, -0.25) is 4.79 Å². The average molecular weight is 271 g/mol. The van der Waals surface area contributed by atoms with Crippen LogP contribution in [0, 0.1) is 0 Å². The molecule has 1 aliphatic rings. The van der Waals surface area contributed by atoms with E-state index in [0.717, 1.165) is 12.8 Å². The zero-order chi connectivity index (χ0) is 14.1. The van der Waals surface area contributed by atoms with Gasteiger partial charge in [-0.1, -0.05) is 6.07 Å². The third-order valence-corrected chi connectivity index (χ3v) is 3.11. The number of benzene rings is 1. The highest BCUT2D eigenvalue weighted by molar-refractivity contribution is 5.89. The summed E-state index contributed by atoms with van der Waals surface area (Å²) >= 11 is 0. The molecule has 1 aliphatic carbocycles. The maximum absolute atomic E-state index is 11.6. The van der Waals surface area contributed by atoms with Crippen molar-refractivity contribution in [3.8, 4) is 0 Å². The zero-order valence-electron chi connectivity index (χ0n) is 10.6. The third-order valence-electron chi connectivity index (χ3n) is 3.11. The van der Waals surface area contributed by atoms with E-state index in [2.05, 4.69) is 15.3 Å². The number of hydrogen-bond donors (Lipinski definition) is 3. The van der Waals surface area contributed by atoms with E-state index in [1.165, 1.54) is 18.2 Å². The van der Waals surface area contributed by atoms with Crippen LogP contribution in [-0.4, -0.2) is 21.0 Å². The van der Waals surface area contributed by atoms with Crippen molar-refractivity contribution in [2.24, 2.45) is 0 Å². The number of nitrogens with zero attached hydrogens (tertiary/aromatic N) is 1. The van der Waals surface area contributed by atoms with Gasteiger partial charge in [0.15, 0.2) is 0 Å². The van der Waals surface area contributed by atoms with Crippen molar-refractivity contribution in [3.05, 3.63) is 52.1 Å². The Labute approximate surface area is 114 Å². The lowest BCUT2D eigenvalue weighted by Crippen LogP contribution is -2.11. The summed E-state index contributed by atoms with van der Waals surface area (Å²) in [5, 5.41) is 11.9. The van der Waals surface area contributed by atoms with Crippen molar-refractivity contribution in [1.29, 1.82) is 0 Å². The van der Waals surface area contributed by atoms with Crippen molar-refractivity contribution in [2.45, 2.75) is 18.8 Å². The van der Waals surface area contributed by atoms with Crippen LogP contribution in [-0.2, 0) is 0 Å². The first kappa shape index (κ1) is 12.4. The number of nitrogens with one attached hydrogen (secondary N) is 2. The van der Waals surface area contributed by atoms with E-state index >= 15 is 0 Å². The number of carboxylic acid groups (broad SMARTS) is 1. The first-order chi connectivity index (χ1) is 9.61. The van der Waals surface area contributed by atoms with E-state index in [-0.39, 0.29) is 11.1 Å². The number of aromatic nitrogens is 2. The Morgan fingerprint density at radius 2 is 2.15 bits per heavy atom. The molecule has 1 aromatic heterocycles. The lowest BCUT2D eigenvalue weighted by molar-refractivity contribution is 0.0697. The Morgan fingerprint density at radius 3 is 2.85 bits per heavy atom. The molecule has 1 fully saturated rings. The Kier molecular flexibility index (Phi) is 2.98. The van der Waals surface area contributed by atoms with Gasteiger partial charge in [-0.25, -0.2) is 9.78 Å². The topological polar surface area (TPSA) is 95.1 Å². The number of carbonyl (C=O) groups is 1. The van der Waals surface area contributed by atoms with Crippen LogP contribution in [0.4, 0.5) is 11.5 Å². The molecule has 0 atom stereocenters. The molecule has 0 saturated heterocycles. The van der Waals surface area contributed by atoms with Crippen LogP contribution in [0.15, 0.2) is 35.1 Å². The highest BCUT2D eigenvalue weighted by atomic mass is 16.4. The molecule has 0 bridgehead atoms. The molecule has 0 aliphatic heterocycles. The number of hydrogen-bond acceptors (Lipinski definition) is 4. The average Bonchev–Trinajstić information content (AvgIpc) is 3.22. The summed E-state index contributed by atoms with van der Waals surface area (Å²) < 4.78 is 0. The fraction of sp³-hybridized carbons (Fsp3) is 0.214. The molecule has 3 N–H and O–H groups in total. The molecule has 0 radical (unpaired) electrons. The Balaban J connectivity index is 1.89. The number of carboxylic acids is 1. The molecule has 6 heteroatoms. The van der Waals surface area contributed by atoms with Crippen molar-refractivity contribution in [2.75, 3.05) is 5.32 Å². The van der Waals surface area contributed by atoms with Crippen molar-refractivity contribution < 1.29 is 9.90 Å². The Morgan fingerprint density at radius 1 is 1.35 bits per heavy atom. The lowest BCUT2D eigenvalue weighted by atomic mass is 10.2. The van der Waals surface area contributed by atoms with Gasteiger partial charge in [0.05, 0.1) is 5.56 Å². The quantitative estimate of drug-likeness (QED) is 0.791. The fourth-order valence-electron chi connectivity index (χ4n) is 1.97. The van der Waals surface area contributed by atoms with Crippen LogP contribution in [0.1, 0.15) is 34.9 Å². The fourth-order valence-corrected chi connectivity index (χ4v) is 1.97. The summed E-state index contributed by atoms with van der Waals surface area (Å²) in [6.07, 6.45) is 2.09. The van der Waals surface area contributed by atoms with Gasteiger partial charge in [-0.05, 0) is 31.0 Å². The predicted molar refractivity (Wildman–Crippen MR) is 73.5 cm³/mol. The maximum atomic E-state index is 11.6. The molecular formula is C14H13N3O3. The number of aromatic carboxylic acids is 1. The highest BCUT2D eigenvalue weighted by Gasteiger charge is 2.26. The number of aromatic amines is 1. The third kappa shape index (κ3) is 2.69. The monoisotopic (exact) mass is 271 g/mol. The predicted octanol–water partition coefficient (Wildman–Crippen LogP) is 2.09. The Hall–Kier alpha value is -2.63. The number of H-pyrrole nitrogens is 1. The van der Waals surface area contributed by atoms with Gasteiger partial charge < -0.3 is 15.4 Å². The summed E-state index contributed by atoms with van der Waals surface area (Å²) in [5.74, 6) is 0.466. The van der Waals surface area contributed by atoms with Crippen molar-refractivity contribution in [3.63, 3.8) is 0 Å². The summed E-state index contributed by atoms with van der Waals surface area (Å²) in [5.41, 5.74) is 0.561. The van der Waals surface area contributed by atoms with E-state index < -0.39 is 5.97 Å². The molecule has 1 aromatic carbocycles. The van der Waals surface area contributed by atoms with Gasteiger partial charge in [-0.15, -0.1) is 0 Å². The largest absolute Gasteiger partial charge is 0.478 e. The second-order valence-electron chi connectivity index (χ2n) is 4.80. The maximum Gasteiger partial charge on any atom is 0.335 e. The van der Waals surface area contributed by atoms with Gasteiger partial charge in [0.2, 0.25) is 0 Å². The number of rotatable bonds is 4. The molecule has 0 amide bonds. The van der Waals surface area contributed by atoms with Crippen LogP contribution in [0.2, 0.25) is 0 Å². The summed E-state index contributed by atoms with van der Waals surface area (Å²) in [6.45, 7) is 0. The smallest absolute Gasteiger partial charge is 0.335 e. The minimum Gasteiger partial charge on any atom is -0.478 e. The van der Waals surface area contributed by atoms with E-state index in [1.807, 2.05) is 0 Å². The molecule has 20 heavy (non-hydrogen) atoms. The lowest BCUT2D eigenvalue weighted by Gasteiger charge is -2.07. The van der Waals surface area contributed by atoms with Crippen LogP contribution in [0.5, 0.6) is 0 Å². The van der Waals surface area contributed by atoms with Crippen molar-refractivity contribution in [1.82, 2.24) is 9.97 Å². The molecule has 2 aromatic rings. The highest BCUT2D eigenvalue weighted by Crippen LogP contribution is 2.37. The van der Waals surface area contributed by atoms with Crippen molar-refractivity contribution >= 4 is 17.5 Å². The van der Waals surface area contributed by atoms with E-state index in [0.29, 0.717) is 23.2 Å². The first-order valence-electron chi connectivity index (χ1n) is 6.33. The molecule has 3 rings (SSSR count). The SMILES string of the molecule is O=C(O)c1cccc(Nc2cc(=O)[nH]c(C3CC3)n2)c1. The molecule has 1 heterocycles. The molecule has 6 nitrogen and oxygen atoms in total. The van der Waals surface area contributed by atoms with Crippen LogP contribution in [0.25, 0.3) is 0 Å². The second kappa shape index (κ2) is 4.80. The second-order valence-corrected chi connectivity index (χ2v) is 4.80. The van der Waals surface area contributed by atoms with Crippen LogP contribution < -0.4 is 10.9 Å². The molecule has 102 valence electrons. The standard InChI is InChI=1S/C14H13N3O3/c18-12-7-11(16-13(17-12)8-4-5-8)15-10-3-1-2-9(6-10)14(19)20/h1-3,6-8H,4-5H2,(H,19,20)(H2,15,16,17,18). The van der Waals surface area contributed by atoms with Crippen LogP contribution >= 0.6 is 0 Å². The summed E-state index contributed by atoms with van der Waals surface area (Å²) in [6, 6.07) is 7.74. The van der Waals surface area contributed by atoms with Gasteiger partial charge in [0.1, 0.15) is 11.6 Å². The molecule has 1 saturated carbocycles. The van der Waals surface area contributed by atoms with Gasteiger partial charge in [0, 0.05) is 17.7 Å². The normalized spacial score (nSPS) is 14.0. The number of anilines is 2. The molecular weight excluding hydrogens is 258 g/mol. The minimum atomic E-state index is -0.994. The van der Waals surface area contributed by atoms with Gasteiger partial charge in [0.25, 0.3) is 5.56 Å². The zero-order valence-corrected chi connectivity index (χ0v) is 10.6. The van der Waals surface area contributed by atoms with Gasteiger partial charge >= 0.3 is 5.97 Å². The minimum absolute atomic E-state index is 0.183. The summed E-state index contributed by atoms with van der Waals surface area (Å²) in [7, 11) is 0. The first-order valence-corrected chi connectivity index (χ1v) is 6.33. The Bertz CT molecular complexity index is 720. The molecule has 0 spiro atoms. The van der Waals surface area contributed by atoms with Crippen LogP contribution in [0.3, 0.4) is 0 Å². The van der Waals surface area contributed by atoms with E-state index in [9.17, 15) is 9.59 Å².